The lowest BCUT2D eigenvalue weighted by atomic mass is 9.86. The fourth-order valence-electron chi connectivity index (χ4n) is 3.20. The Morgan fingerprint density at radius 2 is 2.00 bits per heavy atom. The molecule has 0 aliphatic carbocycles. The minimum Gasteiger partial charge on any atom is -0.497 e. The van der Waals surface area contributed by atoms with Gasteiger partial charge in [-0.15, -0.1) is 0 Å². The predicted molar refractivity (Wildman–Crippen MR) is 91.7 cm³/mol. The van der Waals surface area contributed by atoms with Gasteiger partial charge in [-0.2, -0.15) is 0 Å². The number of aliphatic carboxylic acids is 1. The maximum atomic E-state index is 12.8. The molecule has 25 heavy (non-hydrogen) atoms. The van der Waals surface area contributed by atoms with Crippen molar-refractivity contribution in [2.24, 2.45) is 0 Å². The fourth-order valence-corrected chi connectivity index (χ4v) is 3.20. The zero-order valence-electron chi connectivity index (χ0n) is 14.7. The van der Waals surface area contributed by atoms with Gasteiger partial charge in [-0.25, -0.2) is 9.59 Å². The summed E-state index contributed by atoms with van der Waals surface area (Å²) in [7, 11) is 1.57. The second-order valence-electron chi connectivity index (χ2n) is 7.12. The lowest BCUT2D eigenvalue weighted by Crippen LogP contribution is -2.60. The molecule has 1 atom stereocenters. The summed E-state index contributed by atoms with van der Waals surface area (Å²) >= 11 is 0. The zero-order chi connectivity index (χ0) is 18.4. The van der Waals surface area contributed by atoms with Crippen LogP contribution >= 0.6 is 0 Å². The Bertz CT molecular complexity index is 849. The first-order chi connectivity index (χ1) is 11.7. The lowest BCUT2D eigenvalue weighted by molar-refractivity contribution is -0.172. The SMILES string of the molecule is COc1ccc2[nH]c3c(c2c1)CCNC3(C(=O)O)C(=O)OC(C)(C)C. The molecule has 1 aliphatic rings. The number of fused-ring (bicyclic) bond motifs is 3. The van der Waals surface area contributed by atoms with Crippen molar-refractivity contribution in [1.82, 2.24) is 10.3 Å². The molecular formula is C18H22N2O5. The molecule has 7 nitrogen and oxygen atoms in total. The van der Waals surface area contributed by atoms with Crippen LogP contribution in [0.25, 0.3) is 10.9 Å². The van der Waals surface area contributed by atoms with Crippen LogP contribution in [0.3, 0.4) is 0 Å². The van der Waals surface area contributed by atoms with E-state index in [0.29, 0.717) is 24.4 Å². The molecule has 2 heterocycles. The van der Waals surface area contributed by atoms with Crippen molar-refractivity contribution in [2.75, 3.05) is 13.7 Å². The highest BCUT2D eigenvalue weighted by Crippen LogP contribution is 2.37. The normalized spacial score (nSPS) is 20.2. The second kappa shape index (κ2) is 5.77. The molecule has 0 spiro atoms. The number of hydrogen-bond donors (Lipinski definition) is 3. The summed E-state index contributed by atoms with van der Waals surface area (Å²) in [4.78, 5) is 28.1. The minimum absolute atomic E-state index is 0.323. The number of carboxylic acids is 1. The van der Waals surface area contributed by atoms with Gasteiger partial charge in [0.05, 0.1) is 12.8 Å². The number of carbonyl (C=O) groups is 2. The Balaban J connectivity index is 2.21. The average molecular weight is 346 g/mol. The van der Waals surface area contributed by atoms with E-state index in [1.807, 2.05) is 12.1 Å². The first-order valence-electron chi connectivity index (χ1n) is 8.10. The Hall–Kier alpha value is -2.54. The van der Waals surface area contributed by atoms with E-state index in [0.717, 1.165) is 16.5 Å². The minimum atomic E-state index is -1.95. The molecule has 2 aromatic rings. The van der Waals surface area contributed by atoms with Crippen LogP contribution in [-0.4, -0.2) is 41.3 Å². The largest absolute Gasteiger partial charge is 0.497 e. The number of aromatic nitrogens is 1. The fraction of sp³-hybridized carbons (Fsp3) is 0.444. The number of carboxylic acid groups (broad SMARTS) is 1. The number of benzene rings is 1. The smallest absolute Gasteiger partial charge is 0.344 e. The number of rotatable bonds is 3. The van der Waals surface area contributed by atoms with E-state index in [9.17, 15) is 14.7 Å². The topological polar surface area (TPSA) is 101 Å². The predicted octanol–water partition coefficient (Wildman–Crippen LogP) is 1.94. The standard InChI is InChI=1S/C18H22N2O5/c1-17(2,3)25-16(23)18(15(21)22)14-11(7-8-19-18)12-9-10(24-4)5-6-13(12)20-14/h5-6,9,19-20H,7-8H2,1-4H3,(H,21,22). The first kappa shape index (κ1) is 17.3. The van der Waals surface area contributed by atoms with Crippen LogP contribution in [0.4, 0.5) is 0 Å². The summed E-state index contributed by atoms with van der Waals surface area (Å²) in [6, 6.07) is 5.44. The van der Waals surface area contributed by atoms with E-state index in [-0.39, 0.29) is 0 Å². The number of esters is 1. The second-order valence-corrected chi connectivity index (χ2v) is 7.12. The molecule has 1 aromatic carbocycles. The summed E-state index contributed by atoms with van der Waals surface area (Å²) in [5, 5.41) is 13.6. The molecule has 0 saturated carbocycles. The van der Waals surface area contributed by atoms with Gasteiger partial charge in [0.2, 0.25) is 0 Å². The van der Waals surface area contributed by atoms with Gasteiger partial charge in [0.15, 0.2) is 0 Å². The van der Waals surface area contributed by atoms with Crippen LogP contribution in [0.5, 0.6) is 5.75 Å². The highest BCUT2D eigenvalue weighted by Gasteiger charge is 2.54. The van der Waals surface area contributed by atoms with Crippen LogP contribution in [0.15, 0.2) is 18.2 Å². The zero-order valence-corrected chi connectivity index (χ0v) is 14.7. The van der Waals surface area contributed by atoms with E-state index < -0.39 is 23.1 Å². The molecule has 1 aromatic heterocycles. The van der Waals surface area contributed by atoms with Crippen molar-refractivity contribution in [3.8, 4) is 5.75 Å². The number of nitrogens with one attached hydrogen (secondary N) is 2. The molecule has 0 amide bonds. The maximum Gasteiger partial charge on any atom is 0.344 e. The van der Waals surface area contributed by atoms with Crippen molar-refractivity contribution in [1.29, 1.82) is 0 Å². The van der Waals surface area contributed by atoms with Gasteiger partial charge in [0.25, 0.3) is 5.54 Å². The highest BCUT2D eigenvalue weighted by atomic mass is 16.6. The molecule has 7 heteroatoms. The van der Waals surface area contributed by atoms with Gasteiger partial charge >= 0.3 is 11.9 Å². The average Bonchev–Trinajstić information content (AvgIpc) is 2.90. The lowest BCUT2D eigenvalue weighted by Gasteiger charge is -2.34. The molecule has 1 aliphatic heterocycles. The van der Waals surface area contributed by atoms with Gasteiger partial charge in [-0.3, -0.25) is 5.32 Å². The highest BCUT2D eigenvalue weighted by molar-refractivity contribution is 6.07. The van der Waals surface area contributed by atoms with Gasteiger partial charge in [-0.1, -0.05) is 0 Å². The molecule has 3 rings (SSSR count). The number of carbonyl (C=O) groups excluding carboxylic acids is 1. The van der Waals surface area contributed by atoms with Crippen molar-refractivity contribution in [2.45, 2.75) is 38.3 Å². The number of ether oxygens (including phenoxy) is 2. The van der Waals surface area contributed by atoms with E-state index >= 15 is 0 Å². The Morgan fingerprint density at radius 3 is 2.60 bits per heavy atom. The van der Waals surface area contributed by atoms with Gasteiger partial charge in [0.1, 0.15) is 11.4 Å². The maximum absolute atomic E-state index is 12.8. The molecule has 0 fully saturated rings. The Morgan fingerprint density at radius 1 is 1.28 bits per heavy atom. The molecular weight excluding hydrogens is 324 g/mol. The van der Waals surface area contributed by atoms with Gasteiger partial charge in [0, 0.05) is 17.4 Å². The first-order valence-corrected chi connectivity index (χ1v) is 8.10. The van der Waals surface area contributed by atoms with Crippen molar-refractivity contribution < 1.29 is 24.2 Å². The van der Waals surface area contributed by atoms with Crippen LogP contribution in [-0.2, 0) is 26.3 Å². The Labute approximate surface area is 145 Å². The third-order valence-corrected chi connectivity index (χ3v) is 4.28. The van der Waals surface area contributed by atoms with E-state index in [2.05, 4.69) is 10.3 Å². The number of H-pyrrole nitrogens is 1. The molecule has 3 N–H and O–H groups in total. The summed E-state index contributed by atoms with van der Waals surface area (Å²) in [6.45, 7) is 5.48. The van der Waals surface area contributed by atoms with E-state index in [1.54, 1.807) is 33.9 Å². The Kier molecular flexibility index (Phi) is 3.99. The van der Waals surface area contributed by atoms with Crippen LogP contribution in [0.2, 0.25) is 0 Å². The van der Waals surface area contributed by atoms with Crippen molar-refractivity contribution in [3.63, 3.8) is 0 Å². The van der Waals surface area contributed by atoms with Crippen molar-refractivity contribution in [3.05, 3.63) is 29.5 Å². The van der Waals surface area contributed by atoms with Gasteiger partial charge in [-0.05, 0) is 51.0 Å². The third-order valence-electron chi connectivity index (χ3n) is 4.28. The molecule has 134 valence electrons. The summed E-state index contributed by atoms with van der Waals surface area (Å²) in [5.74, 6) is -1.45. The molecule has 1 unspecified atom stereocenters. The molecule has 0 bridgehead atoms. The van der Waals surface area contributed by atoms with E-state index in [1.165, 1.54) is 0 Å². The van der Waals surface area contributed by atoms with Crippen LogP contribution < -0.4 is 10.1 Å². The van der Waals surface area contributed by atoms with Crippen LogP contribution in [0, 0.1) is 0 Å². The molecule has 0 saturated heterocycles. The number of aromatic amines is 1. The molecule has 0 radical (unpaired) electrons. The quantitative estimate of drug-likeness (QED) is 0.580. The van der Waals surface area contributed by atoms with Crippen molar-refractivity contribution >= 4 is 22.8 Å². The van der Waals surface area contributed by atoms with E-state index in [4.69, 9.17) is 9.47 Å². The summed E-state index contributed by atoms with van der Waals surface area (Å²) in [6.07, 6.45) is 0.598. The van der Waals surface area contributed by atoms with Gasteiger partial charge < -0.3 is 19.6 Å². The number of methoxy groups -OCH3 is 1. The van der Waals surface area contributed by atoms with Crippen LogP contribution in [0.1, 0.15) is 32.0 Å². The summed E-state index contributed by atoms with van der Waals surface area (Å²) in [5.41, 5.74) is -0.880. The summed E-state index contributed by atoms with van der Waals surface area (Å²) < 4.78 is 10.7. The monoisotopic (exact) mass is 346 g/mol. The third kappa shape index (κ3) is 2.74. The number of hydrogen-bond acceptors (Lipinski definition) is 5.